The van der Waals surface area contributed by atoms with Crippen LogP contribution in [0.5, 0.6) is 0 Å². The van der Waals surface area contributed by atoms with Crippen molar-refractivity contribution in [1.82, 2.24) is 0 Å². The average molecular weight is 214 g/mol. The molecule has 0 aliphatic carbocycles. The van der Waals surface area contributed by atoms with Gasteiger partial charge in [0.1, 0.15) is 0 Å². The molecule has 0 aromatic carbocycles. The fraction of sp³-hybridized carbons (Fsp3) is 0.636. The second-order valence-electron chi connectivity index (χ2n) is 3.73. The summed E-state index contributed by atoms with van der Waals surface area (Å²) in [6.07, 6.45) is 0.375. The first-order chi connectivity index (χ1) is 6.90. The smallest absolute Gasteiger partial charge is 0.334 e. The van der Waals surface area contributed by atoms with Crippen molar-refractivity contribution in [3.63, 3.8) is 0 Å². The molecule has 1 N–H and O–H groups in total. The van der Waals surface area contributed by atoms with E-state index in [4.69, 9.17) is 9.84 Å². The van der Waals surface area contributed by atoms with Gasteiger partial charge in [-0.05, 0) is 26.2 Å². The highest BCUT2D eigenvalue weighted by Gasteiger charge is 2.18. The summed E-state index contributed by atoms with van der Waals surface area (Å²) >= 11 is 0. The largest absolute Gasteiger partial charge is 0.478 e. The van der Waals surface area contributed by atoms with Crippen molar-refractivity contribution in [1.29, 1.82) is 0 Å². The highest BCUT2D eigenvalue weighted by Crippen LogP contribution is 2.16. The molecule has 0 fully saturated rings. The zero-order valence-electron chi connectivity index (χ0n) is 9.66. The van der Waals surface area contributed by atoms with Crippen LogP contribution in [-0.4, -0.2) is 23.7 Å². The maximum absolute atomic E-state index is 11.3. The van der Waals surface area contributed by atoms with E-state index in [1.54, 1.807) is 6.92 Å². The third-order valence-electron chi connectivity index (χ3n) is 1.90. The van der Waals surface area contributed by atoms with E-state index in [1.807, 2.05) is 13.8 Å². The van der Waals surface area contributed by atoms with Crippen molar-refractivity contribution in [2.24, 2.45) is 5.92 Å². The van der Waals surface area contributed by atoms with Gasteiger partial charge in [0.05, 0.1) is 6.61 Å². The molecule has 4 nitrogen and oxygen atoms in total. The number of carbonyl (C=O) groups excluding carboxylic acids is 1. The SMILES string of the molecule is CCOC(=O)C(C)=C(CC(C)C)C(=O)O. The van der Waals surface area contributed by atoms with E-state index in [0.717, 1.165) is 0 Å². The zero-order valence-corrected chi connectivity index (χ0v) is 9.66. The fourth-order valence-electron chi connectivity index (χ4n) is 1.17. The lowest BCUT2D eigenvalue weighted by molar-refractivity contribution is -0.140. The van der Waals surface area contributed by atoms with Gasteiger partial charge in [-0.3, -0.25) is 0 Å². The van der Waals surface area contributed by atoms with Crippen LogP contribution in [0.1, 0.15) is 34.1 Å². The minimum Gasteiger partial charge on any atom is -0.478 e. The van der Waals surface area contributed by atoms with Crippen LogP contribution < -0.4 is 0 Å². The molecule has 0 amide bonds. The molecular formula is C11H18O4. The molecule has 0 aliphatic rings. The average Bonchev–Trinajstić information content (AvgIpc) is 2.12. The van der Waals surface area contributed by atoms with Crippen LogP contribution in [0.4, 0.5) is 0 Å². The topological polar surface area (TPSA) is 63.6 Å². The second kappa shape index (κ2) is 6.22. The Labute approximate surface area is 89.9 Å². The van der Waals surface area contributed by atoms with E-state index < -0.39 is 11.9 Å². The van der Waals surface area contributed by atoms with Gasteiger partial charge >= 0.3 is 11.9 Å². The Morgan fingerprint density at radius 3 is 2.20 bits per heavy atom. The summed E-state index contributed by atoms with van der Waals surface area (Å²) in [6, 6.07) is 0. The third-order valence-corrected chi connectivity index (χ3v) is 1.90. The summed E-state index contributed by atoms with van der Waals surface area (Å²) in [6.45, 7) is 7.24. The third kappa shape index (κ3) is 4.63. The number of ether oxygens (including phenoxy) is 1. The van der Waals surface area contributed by atoms with Gasteiger partial charge < -0.3 is 9.84 Å². The molecule has 0 atom stereocenters. The van der Waals surface area contributed by atoms with Crippen LogP contribution in [-0.2, 0) is 14.3 Å². The first-order valence-electron chi connectivity index (χ1n) is 5.00. The van der Waals surface area contributed by atoms with Crippen molar-refractivity contribution in [3.05, 3.63) is 11.1 Å². The summed E-state index contributed by atoms with van der Waals surface area (Å²) in [7, 11) is 0. The van der Waals surface area contributed by atoms with Crippen LogP contribution in [0, 0.1) is 5.92 Å². The minimum absolute atomic E-state index is 0.142. The predicted octanol–water partition coefficient (Wildman–Crippen LogP) is 2.00. The molecule has 86 valence electrons. The molecule has 0 heterocycles. The summed E-state index contributed by atoms with van der Waals surface area (Å²) in [4.78, 5) is 22.2. The van der Waals surface area contributed by atoms with E-state index in [9.17, 15) is 9.59 Å². The lowest BCUT2D eigenvalue weighted by Crippen LogP contribution is -2.14. The molecule has 0 unspecified atom stereocenters. The first-order valence-corrected chi connectivity index (χ1v) is 5.00. The van der Waals surface area contributed by atoms with Crippen LogP contribution >= 0.6 is 0 Å². The zero-order chi connectivity index (χ0) is 12.0. The first kappa shape index (κ1) is 13.7. The van der Waals surface area contributed by atoms with E-state index in [1.165, 1.54) is 6.92 Å². The van der Waals surface area contributed by atoms with Crippen molar-refractivity contribution >= 4 is 11.9 Å². The van der Waals surface area contributed by atoms with Gasteiger partial charge in [0.25, 0.3) is 0 Å². The number of hydrogen-bond acceptors (Lipinski definition) is 3. The normalized spacial score (nSPS) is 12.3. The van der Waals surface area contributed by atoms with E-state index in [0.29, 0.717) is 6.42 Å². The van der Waals surface area contributed by atoms with Gasteiger partial charge in [-0.25, -0.2) is 9.59 Å². The molecule has 0 radical (unpaired) electrons. The van der Waals surface area contributed by atoms with Gasteiger partial charge in [-0.15, -0.1) is 0 Å². The molecular weight excluding hydrogens is 196 g/mol. The molecule has 0 rings (SSSR count). The Hall–Kier alpha value is -1.32. The molecule has 0 saturated carbocycles. The molecule has 0 spiro atoms. The number of hydrogen-bond donors (Lipinski definition) is 1. The van der Waals surface area contributed by atoms with Crippen molar-refractivity contribution in [2.75, 3.05) is 6.61 Å². The maximum atomic E-state index is 11.3. The van der Waals surface area contributed by atoms with Crippen molar-refractivity contribution in [3.8, 4) is 0 Å². The summed E-state index contributed by atoms with van der Waals surface area (Å²) in [5, 5.41) is 8.94. The van der Waals surface area contributed by atoms with E-state index >= 15 is 0 Å². The Morgan fingerprint density at radius 2 is 1.87 bits per heavy atom. The van der Waals surface area contributed by atoms with Gasteiger partial charge in [-0.2, -0.15) is 0 Å². The summed E-state index contributed by atoms with van der Waals surface area (Å²) in [5.74, 6) is -1.40. The second-order valence-corrected chi connectivity index (χ2v) is 3.73. The molecule has 0 aromatic rings. The van der Waals surface area contributed by atoms with Crippen molar-refractivity contribution < 1.29 is 19.4 Å². The monoisotopic (exact) mass is 214 g/mol. The molecule has 15 heavy (non-hydrogen) atoms. The fourth-order valence-corrected chi connectivity index (χ4v) is 1.17. The van der Waals surface area contributed by atoms with Gasteiger partial charge in [0.2, 0.25) is 0 Å². The minimum atomic E-state index is -1.05. The highest BCUT2D eigenvalue weighted by atomic mass is 16.5. The molecule has 4 heteroatoms. The lowest BCUT2D eigenvalue weighted by Gasteiger charge is -2.09. The Bertz CT molecular complexity index is 276. The van der Waals surface area contributed by atoms with Gasteiger partial charge in [-0.1, -0.05) is 13.8 Å². The van der Waals surface area contributed by atoms with Crippen LogP contribution in [0.15, 0.2) is 11.1 Å². The molecule has 0 saturated heterocycles. The van der Waals surface area contributed by atoms with Crippen LogP contribution in [0.25, 0.3) is 0 Å². The van der Waals surface area contributed by atoms with Gasteiger partial charge in [0.15, 0.2) is 0 Å². The lowest BCUT2D eigenvalue weighted by atomic mass is 9.99. The highest BCUT2D eigenvalue weighted by molar-refractivity contribution is 5.99. The number of esters is 1. The quantitative estimate of drug-likeness (QED) is 0.561. The van der Waals surface area contributed by atoms with Crippen LogP contribution in [0.3, 0.4) is 0 Å². The number of rotatable bonds is 5. The maximum Gasteiger partial charge on any atom is 0.334 e. The van der Waals surface area contributed by atoms with Gasteiger partial charge in [0, 0.05) is 11.1 Å². The number of aliphatic carboxylic acids is 1. The Morgan fingerprint density at radius 1 is 1.33 bits per heavy atom. The molecule has 0 bridgehead atoms. The van der Waals surface area contributed by atoms with E-state index in [2.05, 4.69) is 0 Å². The van der Waals surface area contributed by atoms with E-state index in [-0.39, 0.29) is 23.7 Å². The number of carbonyl (C=O) groups is 2. The number of carboxylic acid groups (broad SMARTS) is 1. The summed E-state index contributed by atoms with van der Waals surface area (Å²) < 4.78 is 4.76. The molecule has 0 aliphatic heterocycles. The Kier molecular flexibility index (Phi) is 5.67. The summed E-state index contributed by atoms with van der Waals surface area (Å²) in [5.41, 5.74) is 0.335. The Balaban J connectivity index is 4.91. The predicted molar refractivity (Wildman–Crippen MR) is 56.4 cm³/mol. The van der Waals surface area contributed by atoms with Crippen molar-refractivity contribution in [2.45, 2.75) is 34.1 Å². The number of carboxylic acids is 1. The van der Waals surface area contributed by atoms with Crippen LogP contribution in [0.2, 0.25) is 0 Å². The standard InChI is InChI=1S/C11H18O4/c1-5-15-11(14)8(4)9(10(12)13)6-7(2)3/h7H,5-6H2,1-4H3,(H,12,13). The molecule has 0 aromatic heterocycles.